The molecular formula is C20H28N4O. The number of aliphatic hydroxyl groups is 1. The lowest BCUT2D eigenvalue weighted by Crippen LogP contribution is -2.11. The molecule has 5 nitrogen and oxygen atoms in total. The maximum atomic E-state index is 8.93. The van der Waals surface area contributed by atoms with Crippen LogP contribution in [0.3, 0.4) is 0 Å². The van der Waals surface area contributed by atoms with Crippen LogP contribution in [0, 0.1) is 0 Å². The highest BCUT2D eigenvalue weighted by molar-refractivity contribution is 5.58. The molecule has 1 aromatic carbocycles. The lowest BCUT2D eigenvalue weighted by Gasteiger charge is -2.19. The Morgan fingerprint density at radius 2 is 1.84 bits per heavy atom. The molecule has 0 saturated heterocycles. The average molecular weight is 340 g/mol. The van der Waals surface area contributed by atoms with Crippen LogP contribution in [0.25, 0.3) is 0 Å². The first kappa shape index (κ1) is 17.7. The fourth-order valence-corrected chi connectivity index (χ4v) is 2.68. The molecule has 25 heavy (non-hydrogen) atoms. The minimum atomic E-state index is 0.149. The first-order chi connectivity index (χ1) is 12.0. The number of nitrogens with zero attached hydrogens (tertiary/aromatic N) is 2. The minimum Gasteiger partial charge on any atom is -0.396 e. The first-order valence-electron chi connectivity index (χ1n) is 9.07. The number of nitrogens with one attached hydrogen (secondary N) is 2. The molecule has 2 aromatic rings. The van der Waals surface area contributed by atoms with Crippen LogP contribution >= 0.6 is 0 Å². The molecule has 0 bridgehead atoms. The zero-order valence-electron chi connectivity index (χ0n) is 15.3. The largest absolute Gasteiger partial charge is 0.396 e. The van der Waals surface area contributed by atoms with Gasteiger partial charge in [0.05, 0.1) is 5.69 Å². The molecule has 0 unspecified atom stereocenters. The van der Waals surface area contributed by atoms with Crippen molar-refractivity contribution < 1.29 is 5.11 Å². The highest BCUT2D eigenvalue weighted by atomic mass is 16.3. The summed E-state index contributed by atoms with van der Waals surface area (Å²) >= 11 is 0. The molecule has 0 atom stereocenters. The molecule has 0 amide bonds. The normalized spacial score (nSPS) is 14.4. The molecule has 3 N–H and O–H groups in total. The van der Waals surface area contributed by atoms with E-state index in [1.165, 1.54) is 18.4 Å². The summed E-state index contributed by atoms with van der Waals surface area (Å²) in [6, 6.07) is 10.6. The van der Waals surface area contributed by atoms with Crippen molar-refractivity contribution in [3.8, 4) is 0 Å². The lowest BCUT2D eigenvalue weighted by molar-refractivity contribution is 0.292. The number of rotatable bonds is 7. The molecule has 3 rings (SSSR count). The Morgan fingerprint density at radius 1 is 1.12 bits per heavy atom. The Hall–Kier alpha value is -2.14. The minimum absolute atomic E-state index is 0.149. The lowest BCUT2D eigenvalue weighted by atomic mass is 9.87. The highest BCUT2D eigenvalue weighted by Gasteiger charge is 2.26. The fourth-order valence-electron chi connectivity index (χ4n) is 2.68. The van der Waals surface area contributed by atoms with Crippen LogP contribution < -0.4 is 10.6 Å². The quantitative estimate of drug-likeness (QED) is 0.659. The van der Waals surface area contributed by atoms with Gasteiger partial charge in [0, 0.05) is 30.8 Å². The van der Waals surface area contributed by atoms with Gasteiger partial charge in [0.15, 0.2) is 0 Å². The van der Waals surface area contributed by atoms with Gasteiger partial charge in [0.1, 0.15) is 5.82 Å². The second kappa shape index (κ2) is 7.40. The molecule has 0 aliphatic heterocycles. The van der Waals surface area contributed by atoms with E-state index < -0.39 is 0 Å². The van der Waals surface area contributed by atoms with Crippen molar-refractivity contribution in [1.29, 1.82) is 0 Å². The summed E-state index contributed by atoms with van der Waals surface area (Å²) < 4.78 is 0. The zero-order chi connectivity index (χ0) is 17.9. The number of benzene rings is 1. The molecule has 134 valence electrons. The van der Waals surface area contributed by atoms with Crippen molar-refractivity contribution in [2.24, 2.45) is 0 Å². The summed E-state index contributed by atoms with van der Waals surface area (Å²) in [5, 5.41) is 15.5. The summed E-state index contributed by atoms with van der Waals surface area (Å²) in [4.78, 5) is 9.18. The summed E-state index contributed by atoms with van der Waals surface area (Å²) in [6.45, 7) is 7.48. The van der Waals surface area contributed by atoms with Gasteiger partial charge in [-0.1, -0.05) is 32.9 Å². The summed E-state index contributed by atoms with van der Waals surface area (Å²) in [5.41, 5.74) is 3.58. The number of hydrogen-bond acceptors (Lipinski definition) is 5. The molecule has 0 radical (unpaired) electrons. The van der Waals surface area contributed by atoms with Crippen molar-refractivity contribution >= 4 is 17.5 Å². The van der Waals surface area contributed by atoms with Crippen molar-refractivity contribution in [3.63, 3.8) is 0 Å². The Bertz CT molecular complexity index is 703. The molecule has 1 saturated carbocycles. The SMILES string of the molecule is CC(C)(C)c1ccc(Nc2cc(C3CC3)nc(NCCCO)n2)cc1. The van der Waals surface area contributed by atoms with Crippen molar-refractivity contribution in [2.75, 3.05) is 23.8 Å². The van der Waals surface area contributed by atoms with Crippen molar-refractivity contribution in [1.82, 2.24) is 9.97 Å². The van der Waals surface area contributed by atoms with E-state index in [0.29, 0.717) is 24.8 Å². The predicted octanol–water partition coefficient (Wildman–Crippen LogP) is 4.19. The molecule has 5 heteroatoms. The van der Waals surface area contributed by atoms with Gasteiger partial charge in [-0.05, 0) is 42.4 Å². The Kier molecular flexibility index (Phi) is 5.23. The van der Waals surface area contributed by atoms with Crippen LogP contribution in [-0.4, -0.2) is 28.2 Å². The number of hydrogen-bond donors (Lipinski definition) is 3. The van der Waals surface area contributed by atoms with Crippen molar-refractivity contribution in [2.45, 2.75) is 51.4 Å². The molecule has 1 aromatic heterocycles. The molecule has 1 heterocycles. The van der Waals surface area contributed by atoms with Gasteiger partial charge in [-0.25, -0.2) is 4.98 Å². The molecule has 0 spiro atoms. The van der Waals surface area contributed by atoms with Gasteiger partial charge in [-0.15, -0.1) is 0 Å². The predicted molar refractivity (Wildman–Crippen MR) is 103 cm³/mol. The third-order valence-electron chi connectivity index (χ3n) is 4.38. The number of aromatic nitrogens is 2. The van der Waals surface area contributed by atoms with Gasteiger partial charge in [0.2, 0.25) is 5.95 Å². The maximum Gasteiger partial charge on any atom is 0.224 e. The average Bonchev–Trinajstić information content (AvgIpc) is 3.39. The zero-order valence-corrected chi connectivity index (χ0v) is 15.3. The number of anilines is 3. The summed E-state index contributed by atoms with van der Waals surface area (Å²) in [7, 11) is 0. The Labute approximate surface area is 149 Å². The van der Waals surface area contributed by atoms with Crippen LogP contribution in [0.1, 0.15) is 57.2 Å². The van der Waals surface area contributed by atoms with Crippen LogP contribution in [0.2, 0.25) is 0 Å². The smallest absolute Gasteiger partial charge is 0.224 e. The molecule has 1 aliphatic carbocycles. The van der Waals surface area contributed by atoms with Gasteiger partial charge in [-0.3, -0.25) is 0 Å². The van der Waals surface area contributed by atoms with E-state index in [2.05, 4.69) is 65.6 Å². The standard InChI is InChI=1S/C20H28N4O/c1-20(2,3)15-7-9-16(10-8-15)22-18-13-17(14-5-6-14)23-19(24-18)21-11-4-12-25/h7-10,13-14,25H,4-6,11-12H2,1-3H3,(H2,21,22,23,24). The van der Waals surface area contributed by atoms with Gasteiger partial charge < -0.3 is 15.7 Å². The van der Waals surface area contributed by atoms with Crippen LogP contribution in [0.15, 0.2) is 30.3 Å². The van der Waals surface area contributed by atoms with Gasteiger partial charge in [-0.2, -0.15) is 4.98 Å². The Balaban J connectivity index is 1.76. The summed E-state index contributed by atoms with van der Waals surface area (Å²) in [6.07, 6.45) is 3.09. The highest BCUT2D eigenvalue weighted by Crippen LogP contribution is 2.40. The third kappa shape index (κ3) is 4.92. The van der Waals surface area contributed by atoms with E-state index in [1.54, 1.807) is 0 Å². The van der Waals surface area contributed by atoms with Gasteiger partial charge >= 0.3 is 0 Å². The van der Waals surface area contributed by atoms with Crippen LogP contribution in [0.4, 0.5) is 17.5 Å². The van der Waals surface area contributed by atoms with E-state index in [9.17, 15) is 0 Å². The van der Waals surface area contributed by atoms with E-state index in [-0.39, 0.29) is 12.0 Å². The van der Waals surface area contributed by atoms with Crippen molar-refractivity contribution in [3.05, 3.63) is 41.6 Å². The van der Waals surface area contributed by atoms with E-state index in [0.717, 1.165) is 17.2 Å². The Morgan fingerprint density at radius 3 is 2.44 bits per heavy atom. The fraction of sp³-hybridized carbons (Fsp3) is 0.500. The second-order valence-corrected chi connectivity index (χ2v) is 7.73. The molecule has 1 fully saturated rings. The van der Waals surface area contributed by atoms with E-state index >= 15 is 0 Å². The van der Waals surface area contributed by atoms with Gasteiger partial charge in [0.25, 0.3) is 0 Å². The van der Waals surface area contributed by atoms with Crippen LogP contribution in [0.5, 0.6) is 0 Å². The maximum absolute atomic E-state index is 8.93. The van der Waals surface area contributed by atoms with Crippen LogP contribution in [-0.2, 0) is 5.41 Å². The number of aliphatic hydroxyl groups excluding tert-OH is 1. The first-order valence-corrected chi connectivity index (χ1v) is 9.07. The second-order valence-electron chi connectivity index (χ2n) is 7.73. The molecule has 1 aliphatic rings. The molecular weight excluding hydrogens is 312 g/mol. The van der Waals surface area contributed by atoms with E-state index in [4.69, 9.17) is 5.11 Å². The summed E-state index contributed by atoms with van der Waals surface area (Å²) in [5.74, 6) is 2.00. The third-order valence-corrected chi connectivity index (χ3v) is 4.38. The topological polar surface area (TPSA) is 70.1 Å². The van der Waals surface area contributed by atoms with E-state index in [1.807, 2.05) is 6.07 Å². The monoisotopic (exact) mass is 340 g/mol.